The lowest BCUT2D eigenvalue weighted by Gasteiger charge is -2.15. The zero-order valence-electron chi connectivity index (χ0n) is 12.2. The first-order chi connectivity index (χ1) is 9.72. The third-order valence-corrected chi connectivity index (χ3v) is 4.15. The van der Waals surface area contributed by atoms with Crippen LogP contribution >= 0.6 is 31.9 Å². The number of aryl methyl sites for hydroxylation is 1. The first kappa shape index (κ1) is 18.1. The Morgan fingerprint density at radius 1 is 1.24 bits per heavy atom. The number of hydrogen-bond donors (Lipinski definition) is 3. The highest BCUT2D eigenvalue weighted by Gasteiger charge is 2.18. The zero-order valence-corrected chi connectivity index (χ0v) is 15.3. The van der Waals surface area contributed by atoms with Crippen molar-refractivity contribution in [3.8, 4) is 0 Å². The van der Waals surface area contributed by atoms with Crippen molar-refractivity contribution in [2.45, 2.75) is 26.8 Å². The molecule has 1 rings (SSSR count). The van der Waals surface area contributed by atoms with Crippen LogP contribution in [0, 0.1) is 12.8 Å². The number of hydrogen-bond acceptors (Lipinski definition) is 3. The van der Waals surface area contributed by atoms with Crippen molar-refractivity contribution in [1.29, 1.82) is 0 Å². The molecule has 0 aliphatic carbocycles. The summed E-state index contributed by atoms with van der Waals surface area (Å²) >= 11 is 6.79. The van der Waals surface area contributed by atoms with Gasteiger partial charge in [0, 0.05) is 8.95 Å². The van der Waals surface area contributed by atoms with Gasteiger partial charge in [-0.1, -0.05) is 13.8 Å². The molecule has 21 heavy (non-hydrogen) atoms. The summed E-state index contributed by atoms with van der Waals surface area (Å²) in [6.45, 7) is 5.54. The van der Waals surface area contributed by atoms with Crippen LogP contribution in [0.25, 0.3) is 0 Å². The SMILES string of the molecule is Cc1cc(Br)c(NC(=O)CNC(=O)[C@@H](N)C(C)C)c(Br)c1. The molecule has 1 aromatic carbocycles. The molecular formula is C14H19Br2N3O2. The highest BCUT2D eigenvalue weighted by Crippen LogP contribution is 2.32. The van der Waals surface area contributed by atoms with E-state index in [1.165, 1.54) is 0 Å². The van der Waals surface area contributed by atoms with Crippen LogP contribution < -0.4 is 16.4 Å². The van der Waals surface area contributed by atoms with E-state index in [4.69, 9.17) is 5.73 Å². The third-order valence-electron chi connectivity index (χ3n) is 2.90. The van der Waals surface area contributed by atoms with Crippen LogP contribution in [0.5, 0.6) is 0 Å². The van der Waals surface area contributed by atoms with Gasteiger partial charge in [0.15, 0.2) is 0 Å². The monoisotopic (exact) mass is 419 g/mol. The van der Waals surface area contributed by atoms with Gasteiger partial charge in [-0.2, -0.15) is 0 Å². The number of nitrogens with one attached hydrogen (secondary N) is 2. The summed E-state index contributed by atoms with van der Waals surface area (Å²) in [5, 5.41) is 5.27. The Morgan fingerprint density at radius 2 is 1.76 bits per heavy atom. The van der Waals surface area contributed by atoms with Crippen LogP contribution in [0.3, 0.4) is 0 Å². The molecule has 0 heterocycles. The second-order valence-corrected chi connectivity index (χ2v) is 6.85. The number of carbonyl (C=O) groups is 2. The predicted molar refractivity (Wildman–Crippen MR) is 91.0 cm³/mol. The van der Waals surface area contributed by atoms with Crippen LogP contribution in [-0.4, -0.2) is 24.4 Å². The van der Waals surface area contributed by atoms with Crippen molar-refractivity contribution in [2.24, 2.45) is 11.7 Å². The summed E-state index contributed by atoms with van der Waals surface area (Å²) in [7, 11) is 0. The minimum absolute atomic E-state index is 0.0217. The largest absolute Gasteiger partial charge is 0.346 e. The molecule has 1 atom stereocenters. The van der Waals surface area contributed by atoms with Gasteiger partial charge in [0.05, 0.1) is 18.3 Å². The molecule has 0 saturated carbocycles. The van der Waals surface area contributed by atoms with Crippen molar-refractivity contribution in [1.82, 2.24) is 5.32 Å². The average Bonchev–Trinajstić information content (AvgIpc) is 2.39. The topological polar surface area (TPSA) is 84.2 Å². The number of amides is 2. The maximum atomic E-state index is 11.9. The maximum absolute atomic E-state index is 11.9. The first-order valence-corrected chi connectivity index (χ1v) is 8.09. The lowest BCUT2D eigenvalue weighted by molar-refractivity contribution is -0.125. The maximum Gasteiger partial charge on any atom is 0.243 e. The Hall–Kier alpha value is -0.920. The van der Waals surface area contributed by atoms with Gasteiger partial charge in [-0.15, -0.1) is 0 Å². The third kappa shape index (κ3) is 5.41. The Bertz CT molecular complexity index is 524. The van der Waals surface area contributed by atoms with Gasteiger partial charge in [-0.3, -0.25) is 9.59 Å². The van der Waals surface area contributed by atoms with E-state index in [2.05, 4.69) is 42.5 Å². The van der Waals surface area contributed by atoms with E-state index in [0.717, 1.165) is 14.5 Å². The van der Waals surface area contributed by atoms with Gasteiger partial charge >= 0.3 is 0 Å². The Morgan fingerprint density at radius 3 is 2.24 bits per heavy atom. The molecule has 0 saturated heterocycles. The van der Waals surface area contributed by atoms with Crippen molar-refractivity contribution in [3.63, 3.8) is 0 Å². The van der Waals surface area contributed by atoms with Crippen LogP contribution in [0.4, 0.5) is 5.69 Å². The van der Waals surface area contributed by atoms with E-state index < -0.39 is 6.04 Å². The molecule has 0 bridgehead atoms. The second-order valence-electron chi connectivity index (χ2n) is 5.14. The molecule has 0 radical (unpaired) electrons. The van der Waals surface area contributed by atoms with Crippen molar-refractivity contribution < 1.29 is 9.59 Å². The van der Waals surface area contributed by atoms with Crippen LogP contribution in [-0.2, 0) is 9.59 Å². The van der Waals surface area contributed by atoms with E-state index in [9.17, 15) is 9.59 Å². The summed E-state index contributed by atoms with van der Waals surface area (Å²) in [4.78, 5) is 23.6. The fraction of sp³-hybridized carbons (Fsp3) is 0.429. The summed E-state index contributed by atoms with van der Waals surface area (Å²) in [6.07, 6.45) is 0. The summed E-state index contributed by atoms with van der Waals surface area (Å²) in [6, 6.07) is 3.18. The smallest absolute Gasteiger partial charge is 0.243 e. The van der Waals surface area contributed by atoms with E-state index in [1.54, 1.807) is 0 Å². The van der Waals surface area contributed by atoms with E-state index in [-0.39, 0.29) is 24.3 Å². The summed E-state index contributed by atoms with van der Waals surface area (Å²) in [5.41, 5.74) is 7.40. The van der Waals surface area contributed by atoms with Crippen LogP contribution in [0.1, 0.15) is 19.4 Å². The van der Waals surface area contributed by atoms with Crippen LogP contribution in [0.15, 0.2) is 21.1 Å². The van der Waals surface area contributed by atoms with Gasteiger partial charge in [0.1, 0.15) is 0 Å². The molecule has 2 amide bonds. The normalized spacial score (nSPS) is 12.1. The van der Waals surface area contributed by atoms with Crippen molar-refractivity contribution in [2.75, 3.05) is 11.9 Å². The summed E-state index contributed by atoms with van der Waals surface area (Å²) in [5.74, 6) is -0.625. The van der Waals surface area contributed by atoms with Crippen LogP contribution in [0.2, 0.25) is 0 Å². The molecule has 4 N–H and O–H groups in total. The molecule has 0 spiro atoms. The number of carbonyl (C=O) groups excluding carboxylic acids is 2. The quantitative estimate of drug-likeness (QED) is 0.684. The molecule has 0 fully saturated rings. The number of anilines is 1. The molecule has 1 aromatic rings. The molecule has 0 aliphatic rings. The Balaban J connectivity index is 2.61. The molecule has 0 aromatic heterocycles. The van der Waals surface area contributed by atoms with E-state index in [1.807, 2.05) is 32.9 Å². The number of benzene rings is 1. The summed E-state index contributed by atoms with van der Waals surface area (Å²) < 4.78 is 1.54. The fourth-order valence-electron chi connectivity index (χ4n) is 1.59. The minimum atomic E-state index is -0.615. The number of halogens is 2. The molecule has 0 aliphatic heterocycles. The van der Waals surface area contributed by atoms with E-state index >= 15 is 0 Å². The molecule has 116 valence electrons. The van der Waals surface area contributed by atoms with Gasteiger partial charge < -0.3 is 16.4 Å². The average molecular weight is 421 g/mol. The highest BCUT2D eigenvalue weighted by molar-refractivity contribution is 9.11. The van der Waals surface area contributed by atoms with Crippen molar-refractivity contribution in [3.05, 3.63) is 26.6 Å². The van der Waals surface area contributed by atoms with Gasteiger partial charge in [-0.25, -0.2) is 0 Å². The standard InChI is InChI=1S/C14H19Br2N3O2/c1-7(2)12(17)14(21)18-6-11(20)19-13-9(15)4-8(3)5-10(13)16/h4-5,7,12H,6,17H2,1-3H3,(H,18,21)(H,19,20)/t12-/m0/s1. The van der Waals surface area contributed by atoms with E-state index in [0.29, 0.717) is 5.69 Å². The molecule has 7 heteroatoms. The molecular weight excluding hydrogens is 402 g/mol. The minimum Gasteiger partial charge on any atom is -0.346 e. The fourth-order valence-corrected chi connectivity index (χ4v) is 3.20. The zero-order chi connectivity index (χ0) is 16.2. The van der Waals surface area contributed by atoms with Gasteiger partial charge in [0.2, 0.25) is 11.8 Å². The Kier molecular flexibility index (Phi) is 6.83. The van der Waals surface area contributed by atoms with Gasteiger partial charge in [-0.05, 0) is 62.4 Å². The lowest BCUT2D eigenvalue weighted by Crippen LogP contribution is -2.46. The second kappa shape index (κ2) is 7.91. The predicted octanol–water partition coefficient (Wildman–Crippen LogP) is 2.56. The van der Waals surface area contributed by atoms with Crippen molar-refractivity contribution >= 4 is 49.4 Å². The first-order valence-electron chi connectivity index (χ1n) is 6.51. The van der Waals surface area contributed by atoms with Gasteiger partial charge in [0.25, 0.3) is 0 Å². The number of nitrogens with two attached hydrogens (primary N) is 1. The number of rotatable bonds is 5. The molecule has 5 nitrogen and oxygen atoms in total. The lowest BCUT2D eigenvalue weighted by atomic mass is 10.1. The highest BCUT2D eigenvalue weighted by atomic mass is 79.9. The Labute approximate surface area is 141 Å². The molecule has 0 unspecified atom stereocenters.